The second kappa shape index (κ2) is 4.33. The second-order valence-corrected chi connectivity index (χ2v) is 3.54. The van der Waals surface area contributed by atoms with Crippen molar-refractivity contribution in [3.8, 4) is 0 Å². The van der Waals surface area contributed by atoms with Gasteiger partial charge in [-0.25, -0.2) is 4.79 Å². The zero-order chi connectivity index (χ0) is 12.4. The molecule has 0 saturated heterocycles. The Morgan fingerprint density at radius 3 is 2.71 bits per heavy atom. The van der Waals surface area contributed by atoms with Gasteiger partial charge in [-0.1, -0.05) is 12.1 Å². The van der Waals surface area contributed by atoms with Crippen molar-refractivity contribution >= 4 is 17.3 Å². The third kappa shape index (κ3) is 2.01. The number of carbonyl (C=O) groups is 2. The molecule has 17 heavy (non-hydrogen) atoms. The standard InChI is InChI=1S/C13H10O4/c1-2-17-13(16)11-7-12(15)10-6-8(14)4-3-5-9(10)11/h3-7H,2H2,1H3. The largest absolute Gasteiger partial charge is 0.462 e. The number of hydrogen-bond donors (Lipinski definition) is 0. The van der Waals surface area contributed by atoms with Gasteiger partial charge in [0.05, 0.1) is 12.2 Å². The van der Waals surface area contributed by atoms with Gasteiger partial charge in [-0.3, -0.25) is 9.59 Å². The first-order chi connectivity index (χ1) is 8.13. The second-order valence-electron chi connectivity index (χ2n) is 3.54. The highest BCUT2D eigenvalue weighted by Gasteiger charge is 2.26. The molecule has 1 aromatic carbocycles. The third-order valence-corrected chi connectivity index (χ3v) is 2.43. The molecule has 4 heteroatoms. The van der Waals surface area contributed by atoms with E-state index in [9.17, 15) is 14.4 Å². The van der Waals surface area contributed by atoms with Crippen LogP contribution in [0.25, 0.3) is 5.57 Å². The Morgan fingerprint density at radius 2 is 2.00 bits per heavy atom. The highest BCUT2D eigenvalue weighted by molar-refractivity contribution is 6.30. The van der Waals surface area contributed by atoms with Crippen LogP contribution in [0.15, 0.2) is 35.1 Å². The number of ether oxygens (including phenoxy) is 1. The summed E-state index contributed by atoms with van der Waals surface area (Å²) in [4.78, 5) is 34.6. The Labute approximate surface area is 97.5 Å². The van der Waals surface area contributed by atoms with E-state index in [-0.39, 0.29) is 29.0 Å². The fraction of sp³-hybridized carbons (Fsp3) is 0.154. The van der Waals surface area contributed by atoms with Gasteiger partial charge in [0.15, 0.2) is 11.2 Å². The third-order valence-electron chi connectivity index (χ3n) is 2.43. The number of esters is 1. The van der Waals surface area contributed by atoms with E-state index in [1.54, 1.807) is 13.0 Å². The quantitative estimate of drug-likeness (QED) is 0.716. The lowest BCUT2D eigenvalue weighted by molar-refractivity contribution is -0.136. The molecule has 0 N–H and O–H groups in total. The number of ketones is 1. The van der Waals surface area contributed by atoms with Crippen LogP contribution in [-0.4, -0.2) is 18.4 Å². The van der Waals surface area contributed by atoms with Crippen molar-refractivity contribution < 1.29 is 14.3 Å². The van der Waals surface area contributed by atoms with E-state index >= 15 is 0 Å². The fourth-order valence-electron chi connectivity index (χ4n) is 1.70. The van der Waals surface area contributed by atoms with Crippen LogP contribution in [0, 0.1) is 0 Å². The molecule has 0 bridgehead atoms. The lowest BCUT2D eigenvalue weighted by atomic mass is 10.1. The van der Waals surface area contributed by atoms with Gasteiger partial charge >= 0.3 is 5.97 Å². The number of hydrogen-bond acceptors (Lipinski definition) is 4. The lowest BCUT2D eigenvalue weighted by Gasteiger charge is -2.02. The fourth-order valence-corrected chi connectivity index (χ4v) is 1.70. The minimum atomic E-state index is -0.543. The minimum Gasteiger partial charge on any atom is -0.462 e. The molecule has 2 rings (SSSR count). The molecule has 0 radical (unpaired) electrons. The number of allylic oxidation sites excluding steroid dienone is 1. The molecule has 1 aliphatic carbocycles. The summed E-state index contributed by atoms with van der Waals surface area (Å²) >= 11 is 0. The van der Waals surface area contributed by atoms with Crippen molar-refractivity contribution in [1.29, 1.82) is 0 Å². The molecule has 0 aromatic heterocycles. The first-order valence-electron chi connectivity index (χ1n) is 5.21. The molecule has 0 unspecified atom stereocenters. The van der Waals surface area contributed by atoms with Crippen LogP contribution in [0.4, 0.5) is 0 Å². The molecule has 0 fully saturated rings. The normalized spacial score (nSPS) is 13.0. The predicted molar refractivity (Wildman–Crippen MR) is 61.7 cm³/mol. The maximum atomic E-state index is 11.7. The summed E-state index contributed by atoms with van der Waals surface area (Å²) in [6, 6.07) is 5.67. The Bertz CT molecular complexity index is 584. The van der Waals surface area contributed by atoms with Crippen LogP contribution >= 0.6 is 0 Å². The highest BCUT2D eigenvalue weighted by atomic mass is 16.5. The van der Waals surface area contributed by atoms with Crippen molar-refractivity contribution in [2.24, 2.45) is 0 Å². The lowest BCUT2D eigenvalue weighted by Crippen LogP contribution is -2.05. The summed E-state index contributed by atoms with van der Waals surface area (Å²) in [6.45, 7) is 1.93. The average Bonchev–Trinajstić information content (AvgIpc) is 2.48. The van der Waals surface area contributed by atoms with E-state index in [1.165, 1.54) is 24.3 Å². The molecule has 4 nitrogen and oxygen atoms in total. The molecule has 0 aliphatic heterocycles. The molecular weight excluding hydrogens is 220 g/mol. The molecule has 1 aliphatic rings. The Balaban J connectivity index is 2.55. The zero-order valence-corrected chi connectivity index (χ0v) is 9.23. The van der Waals surface area contributed by atoms with Crippen molar-refractivity contribution in [2.75, 3.05) is 6.61 Å². The van der Waals surface area contributed by atoms with Crippen LogP contribution in [0.2, 0.25) is 0 Å². The number of fused-ring (bicyclic) bond motifs is 1. The first-order valence-corrected chi connectivity index (χ1v) is 5.21. The Hall–Kier alpha value is -2.23. The summed E-state index contributed by atoms with van der Waals surface area (Å²) < 4.78 is 4.85. The van der Waals surface area contributed by atoms with Crippen LogP contribution in [0.5, 0.6) is 0 Å². The zero-order valence-electron chi connectivity index (χ0n) is 9.23. The maximum absolute atomic E-state index is 11.7. The molecule has 0 saturated carbocycles. The van der Waals surface area contributed by atoms with Crippen LogP contribution in [0.3, 0.4) is 0 Å². The van der Waals surface area contributed by atoms with Gasteiger partial charge in [-0.15, -0.1) is 0 Å². The van der Waals surface area contributed by atoms with E-state index in [1.807, 2.05) is 0 Å². The summed E-state index contributed by atoms with van der Waals surface area (Å²) in [5, 5.41) is 0. The van der Waals surface area contributed by atoms with Crippen molar-refractivity contribution in [1.82, 2.24) is 0 Å². The number of rotatable bonds is 2. The van der Waals surface area contributed by atoms with E-state index in [4.69, 9.17) is 4.74 Å². The first kappa shape index (κ1) is 11.3. The maximum Gasteiger partial charge on any atom is 0.338 e. The minimum absolute atomic E-state index is 0.211. The monoisotopic (exact) mass is 230 g/mol. The SMILES string of the molecule is CCOC(=O)C1=CC(=O)c2cc(=O)cccc21. The summed E-state index contributed by atoms with van der Waals surface area (Å²) in [6.07, 6.45) is 1.21. The van der Waals surface area contributed by atoms with Crippen molar-refractivity contribution in [3.05, 3.63) is 51.7 Å². The van der Waals surface area contributed by atoms with Gasteiger partial charge in [0.1, 0.15) is 0 Å². The predicted octanol–water partition coefficient (Wildman–Crippen LogP) is 1.19. The van der Waals surface area contributed by atoms with Crippen LogP contribution < -0.4 is 5.43 Å². The van der Waals surface area contributed by atoms with E-state index in [0.717, 1.165) is 0 Å². The van der Waals surface area contributed by atoms with E-state index in [2.05, 4.69) is 0 Å². The van der Waals surface area contributed by atoms with Gasteiger partial charge in [0, 0.05) is 17.2 Å². The molecule has 1 aromatic rings. The van der Waals surface area contributed by atoms with E-state index < -0.39 is 5.97 Å². The molecule has 0 spiro atoms. The highest BCUT2D eigenvalue weighted by Crippen LogP contribution is 2.26. The van der Waals surface area contributed by atoms with Gasteiger partial charge in [-0.2, -0.15) is 0 Å². The van der Waals surface area contributed by atoms with E-state index in [0.29, 0.717) is 5.56 Å². The van der Waals surface area contributed by atoms with Crippen LogP contribution in [-0.2, 0) is 9.53 Å². The summed E-state index contributed by atoms with van der Waals surface area (Å²) in [7, 11) is 0. The molecule has 86 valence electrons. The molecular formula is C13H10O4. The number of carbonyl (C=O) groups excluding carboxylic acids is 2. The van der Waals surface area contributed by atoms with Crippen molar-refractivity contribution in [3.63, 3.8) is 0 Å². The van der Waals surface area contributed by atoms with Gasteiger partial charge < -0.3 is 4.74 Å². The molecule has 0 amide bonds. The van der Waals surface area contributed by atoms with Crippen LogP contribution in [0.1, 0.15) is 22.8 Å². The Morgan fingerprint density at radius 1 is 1.24 bits per heavy atom. The van der Waals surface area contributed by atoms with Gasteiger partial charge in [-0.05, 0) is 19.1 Å². The average molecular weight is 230 g/mol. The molecule has 0 heterocycles. The topological polar surface area (TPSA) is 60.4 Å². The van der Waals surface area contributed by atoms with Gasteiger partial charge in [0.25, 0.3) is 0 Å². The van der Waals surface area contributed by atoms with Crippen molar-refractivity contribution in [2.45, 2.75) is 6.92 Å². The Kier molecular flexibility index (Phi) is 2.87. The van der Waals surface area contributed by atoms with Gasteiger partial charge in [0.2, 0.25) is 0 Å². The summed E-state index contributed by atoms with van der Waals surface area (Å²) in [5.41, 5.74) is 0.652. The molecule has 0 atom stereocenters. The smallest absolute Gasteiger partial charge is 0.338 e. The summed E-state index contributed by atoms with van der Waals surface area (Å²) in [5.74, 6) is -0.880.